The highest BCUT2D eigenvalue weighted by molar-refractivity contribution is 9.11. The molecule has 0 bridgehead atoms. The van der Waals surface area contributed by atoms with E-state index in [4.69, 9.17) is 0 Å². The summed E-state index contributed by atoms with van der Waals surface area (Å²) in [7, 11) is 0. The molecule has 0 atom stereocenters. The third kappa shape index (κ3) is 3.86. The predicted octanol–water partition coefficient (Wildman–Crippen LogP) is 1.99. The first-order chi connectivity index (χ1) is 8.25. The summed E-state index contributed by atoms with van der Waals surface area (Å²) in [6.45, 7) is 2.35. The lowest BCUT2D eigenvalue weighted by atomic mass is 10.3. The normalized spacial score (nSPS) is 10.7. The van der Waals surface area contributed by atoms with E-state index < -0.39 is 0 Å². The molecule has 0 spiro atoms. The van der Waals surface area contributed by atoms with Crippen LogP contribution in [0.2, 0.25) is 0 Å². The highest BCUT2D eigenvalue weighted by Crippen LogP contribution is 2.19. The van der Waals surface area contributed by atoms with Crippen molar-refractivity contribution >= 4 is 31.9 Å². The fraction of sp³-hybridized carbons (Fsp3) is 0.300. The number of nitrogens with zero attached hydrogens (tertiary/aromatic N) is 4. The van der Waals surface area contributed by atoms with Crippen molar-refractivity contribution in [3.63, 3.8) is 0 Å². The van der Waals surface area contributed by atoms with Gasteiger partial charge >= 0.3 is 0 Å². The van der Waals surface area contributed by atoms with E-state index in [9.17, 15) is 0 Å². The number of hydrogen-bond donors (Lipinski definition) is 1. The summed E-state index contributed by atoms with van der Waals surface area (Å²) in [5.74, 6) is 0. The molecule has 0 aliphatic rings. The highest BCUT2D eigenvalue weighted by Gasteiger charge is 2.01. The molecule has 0 aliphatic carbocycles. The molecule has 2 aromatic heterocycles. The molecule has 90 valence electrons. The van der Waals surface area contributed by atoms with Gasteiger partial charge in [0.25, 0.3) is 0 Å². The maximum Gasteiger partial charge on any atom is 0.0692 e. The van der Waals surface area contributed by atoms with E-state index in [2.05, 4.69) is 52.5 Å². The van der Waals surface area contributed by atoms with Crippen LogP contribution >= 0.6 is 31.9 Å². The lowest BCUT2D eigenvalue weighted by Crippen LogP contribution is -2.20. The third-order valence-corrected chi connectivity index (χ3v) is 3.29. The van der Waals surface area contributed by atoms with Crippen LogP contribution in [0.15, 0.2) is 33.6 Å². The average Bonchev–Trinajstić information content (AvgIpc) is 2.79. The van der Waals surface area contributed by atoms with Crippen LogP contribution in [-0.4, -0.2) is 26.5 Å². The molecule has 0 aromatic carbocycles. The minimum Gasteiger partial charge on any atom is -0.309 e. The fourth-order valence-electron chi connectivity index (χ4n) is 1.33. The molecule has 0 amide bonds. The smallest absolute Gasteiger partial charge is 0.0692 e. The Hall–Kier alpha value is -0.790. The molecule has 2 aromatic rings. The molecule has 2 rings (SSSR count). The predicted molar refractivity (Wildman–Crippen MR) is 71.4 cm³/mol. The summed E-state index contributed by atoms with van der Waals surface area (Å²) in [4.78, 5) is 4.32. The zero-order chi connectivity index (χ0) is 12.1. The Morgan fingerprint density at radius 2 is 2.24 bits per heavy atom. The Morgan fingerprint density at radius 3 is 2.94 bits per heavy atom. The SMILES string of the molecule is Brc1cnc(CNCCn2ccnn2)c(Br)c1. The first-order valence-electron chi connectivity index (χ1n) is 5.10. The summed E-state index contributed by atoms with van der Waals surface area (Å²) in [5, 5.41) is 10.9. The molecule has 0 saturated heterocycles. The van der Waals surface area contributed by atoms with Gasteiger partial charge in [0.05, 0.1) is 18.4 Å². The number of hydrogen-bond acceptors (Lipinski definition) is 4. The van der Waals surface area contributed by atoms with Gasteiger partial charge < -0.3 is 5.32 Å². The van der Waals surface area contributed by atoms with Gasteiger partial charge in [-0.25, -0.2) is 0 Å². The lowest BCUT2D eigenvalue weighted by molar-refractivity contribution is 0.537. The highest BCUT2D eigenvalue weighted by atomic mass is 79.9. The van der Waals surface area contributed by atoms with Crippen LogP contribution in [0.25, 0.3) is 0 Å². The van der Waals surface area contributed by atoms with Gasteiger partial charge in [-0.1, -0.05) is 5.21 Å². The van der Waals surface area contributed by atoms with Crippen molar-refractivity contribution < 1.29 is 0 Å². The average molecular weight is 361 g/mol. The molecule has 0 radical (unpaired) electrons. The summed E-state index contributed by atoms with van der Waals surface area (Å²) in [6.07, 6.45) is 5.31. The van der Waals surface area contributed by atoms with Crippen molar-refractivity contribution in [3.8, 4) is 0 Å². The second kappa shape index (κ2) is 6.23. The van der Waals surface area contributed by atoms with E-state index in [1.807, 2.05) is 12.3 Å². The first-order valence-corrected chi connectivity index (χ1v) is 6.69. The van der Waals surface area contributed by atoms with Crippen molar-refractivity contribution in [3.05, 3.63) is 39.3 Å². The van der Waals surface area contributed by atoms with Crippen molar-refractivity contribution in [2.45, 2.75) is 13.1 Å². The molecule has 0 unspecified atom stereocenters. The molecule has 7 heteroatoms. The van der Waals surface area contributed by atoms with Crippen molar-refractivity contribution in [2.75, 3.05) is 6.54 Å². The lowest BCUT2D eigenvalue weighted by Gasteiger charge is -2.06. The maximum atomic E-state index is 4.32. The number of rotatable bonds is 5. The molecule has 0 fully saturated rings. The molecule has 2 heterocycles. The van der Waals surface area contributed by atoms with Gasteiger partial charge in [0.15, 0.2) is 0 Å². The fourth-order valence-corrected chi connectivity index (χ4v) is 2.45. The minimum absolute atomic E-state index is 0.725. The van der Waals surface area contributed by atoms with Crippen molar-refractivity contribution in [2.24, 2.45) is 0 Å². The van der Waals surface area contributed by atoms with E-state index in [0.29, 0.717) is 0 Å². The molecule has 17 heavy (non-hydrogen) atoms. The molecule has 5 nitrogen and oxygen atoms in total. The van der Waals surface area contributed by atoms with E-state index in [1.54, 1.807) is 17.1 Å². The number of halogens is 2. The first kappa shape index (κ1) is 12.7. The van der Waals surface area contributed by atoms with E-state index in [-0.39, 0.29) is 0 Å². The Kier molecular flexibility index (Phi) is 4.64. The van der Waals surface area contributed by atoms with Crippen LogP contribution in [0, 0.1) is 0 Å². The topological polar surface area (TPSA) is 55.6 Å². The third-order valence-electron chi connectivity index (χ3n) is 2.17. The van der Waals surface area contributed by atoms with Crippen LogP contribution in [0.4, 0.5) is 0 Å². The van der Waals surface area contributed by atoms with Crippen LogP contribution < -0.4 is 5.32 Å². The van der Waals surface area contributed by atoms with Gasteiger partial charge in [0.2, 0.25) is 0 Å². The Labute approximate surface area is 116 Å². The summed E-state index contributed by atoms with van der Waals surface area (Å²) in [5.41, 5.74) is 0.992. The second-order valence-electron chi connectivity index (χ2n) is 3.42. The molecule has 0 saturated carbocycles. The zero-order valence-electron chi connectivity index (χ0n) is 8.98. The van der Waals surface area contributed by atoms with Crippen LogP contribution in [0.1, 0.15) is 5.69 Å². The summed E-state index contributed by atoms with van der Waals surface area (Å²) < 4.78 is 3.76. The Morgan fingerprint density at radius 1 is 1.35 bits per heavy atom. The monoisotopic (exact) mass is 359 g/mol. The van der Waals surface area contributed by atoms with Crippen molar-refractivity contribution in [1.82, 2.24) is 25.3 Å². The Bertz CT molecular complexity index is 472. The minimum atomic E-state index is 0.725. The standard InChI is InChI=1S/C10H11Br2N5/c11-8-5-9(12)10(14-6-8)7-13-1-3-17-4-2-15-16-17/h2,4-6,13H,1,3,7H2. The van der Waals surface area contributed by atoms with Crippen molar-refractivity contribution in [1.29, 1.82) is 0 Å². The van der Waals surface area contributed by atoms with Gasteiger partial charge in [-0.05, 0) is 37.9 Å². The molecule has 1 N–H and O–H groups in total. The molecular weight excluding hydrogens is 350 g/mol. The van der Waals surface area contributed by atoms with Gasteiger partial charge in [0, 0.05) is 34.4 Å². The molecule has 0 aliphatic heterocycles. The van der Waals surface area contributed by atoms with Gasteiger partial charge in [-0.3, -0.25) is 9.67 Å². The number of pyridine rings is 1. The zero-order valence-corrected chi connectivity index (χ0v) is 12.1. The van der Waals surface area contributed by atoms with Gasteiger partial charge in [-0.2, -0.15) is 0 Å². The summed E-state index contributed by atoms with van der Waals surface area (Å²) >= 11 is 6.85. The molecular formula is C10H11Br2N5. The largest absolute Gasteiger partial charge is 0.309 e. The summed E-state index contributed by atoms with van der Waals surface area (Å²) in [6, 6.07) is 1.99. The number of nitrogens with one attached hydrogen (secondary N) is 1. The van der Waals surface area contributed by atoms with Gasteiger partial charge in [0.1, 0.15) is 0 Å². The Balaban J connectivity index is 1.78. The van der Waals surface area contributed by atoms with E-state index >= 15 is 0 Å². The van der Waals surface area contributed by atoms with Crippen LogP contribution in [0.3, 0.4) is 0 Å². The van der Waals surface area contributed by atoms with Crippen LogP contribution in [-0.2, 0) is 13.1 Å². The number of aromatic nitrogens is 4. The second-order valence-corrected chi connectivity index (χ2v) is 5.19. The van der Waals surface area contributed by atoms with Crippen LogP contribution in [0.5, 0.6) is 0 Å². The maximum absolute atomic E-state index is 4.32. The quantitative estimate of drug-likeness (QED) is 0.828. The van der Waals surface area contributed by atoms with E-state index in [0.717, 1.165) is 34.3 Å². The van der Waals surface area contributed by atoms with E-state index in [1.165, 1.54) is 0 Å². The van der Waals surface area contributed by atoms with Gasteiger partial charge in [-0.15, -0.1) is 5.10 Å².